The fourth-order valence-electron chi connectivity index (χ4n) is 2.63. The quantitative estimate of drug-likeness (QED) is 0.839. The van der Waals surface area contributed by atoms with E-state index >= 15 is 0 Å². The maximum absolute atomic E-state index is 5.81. The molecule has 0 radical (unpaired) electrons. The van der Waals surface area contributed by atoms with Crippen LogP contribution < -0.4 is 5.32 Å². The molecule has 1 aromatic rings. The Labute approximate surface area is 110 Å². The van der Waals surface area contributed by atoms with Crippen LogP contribution in [-0.2, 0) is 18.2 Å². The van der Waals surface area contributed by atoms with Crippen LogP contribution in [0.2, 0.25) is 0 Å². The third-order valence-electron chi connectivity index (χ3n) is 3.77. The monoisotopic (exact) mass is 251 g/mol. The predicted octanol–water partition coefficient (Wildman–Crippen LogP) is 1.90. The van der Waals surface area contributed by atoms with Gasteiger partial charge in [0, 0.05) is 25.9 Å². The molecule has 102 valence electrons. The van der Waals surface area contributed by atoms with E-state index in [1.165, 1.54) is 24.8 Å². The first-order valence-electron chi connectivity index (χ1n) is 7.04. The largest absolute Gasteiger partial charge is 0.378 e. The normalized spacial score (nSPS) is 22.0. The van der Waals surface area contributed by atoms with Crippen molar-refractivity contribution >= 4 is 0 Å². The topological polar surface area (TPSA) is 39.1 Å². The molecule has 0 saturated carbocycles. The van der Waals surface area contributed by atoms with Crippen molar-refractivity contribution in [3.05, 3.63) is 18.0 Å². The molecule has 0 aromatic carbocycles. The van der Waals surface area contributed by atoms with Crippen molar-refractivity contribution in [1.29, 1.82) is 0 Å². The minimum absolute atomic E-state index is 0.463. The number of nitrogens with zero attached hydrogens (tertiary/aromatic N) is 2. The molecule has 4 nitrogen and oxygen atoms in total. The summed E-state index contributed by atoms with van der Waals surface area (Å²) >= 11 is 0. The summed E-state index contributed by atoms with van der Waals surface area (Å²) in [6.07, 6.45) is 11.7. The van der Waals surface area contributed by atoms with Gasteiger partial charge in [0.15, 0.2) is 0 Å². The van der Waals surface area contributed by atoms with Crippen LogP contribution in [0.15, 0.2) is 12.4 Å². The van der Waals surface area contributed by atoms with Gasteiger partial charge in [0.05, 0.1) is 12.3 Å². The summed E-state index contributed by atoms with van der Waals surface area (Å²) in [7, 11) is 4.02. The molecule has 18 heavy (non-hydrogen) atoms. The van der Waals surface area contributed by atoms with Crippen molar-refractivity contribution in [2.45, 2.75) is 50.7 Å². The van der Waals surface area contributed by atoms with Crippen molar-refractivity contribution in [1.82, 2.24) is 15.1 Å². The second-order valence-electron chi connectivity index (χ2n) is 5.27. The minimum Gasteiger partial charge on any atom is -0.378 e. The standard InChI is InChI=1S/C14H25N3O/c1-15-13(9-14-5-3-4-8-18-14)7-6-12-10-16-17(2)11-12/h10-11,13-15H,3-9H2,1-2H3. The van der Waals surface area contributed by atoms with Crippen LogP contribution in [0.4, 0.5) is 0 Å². The smallest absolute Gasteiger partial charge is 0.0590 e. The van der Waals surface area contributed by atoms with E-state index in [0.717, 1.165) is 25.9 Å². The first-order chi connectivity index (χ1) is 8.78. The Bertz CT molecular complexity index is 345. The van der Waals surface area contributed by atoms with Gasteiger partial charge in [-0.05, 0) is 51.1 Å². The van der Waals surface area contributed by atoms with Gasteiger partial charge in [0.2, 0.25) is 0 Å². The minimum atomic E-state index is 0.463. The second-order valence-corrected chi connectivity index (χ2v) is 5.27. The number of aryl methyl sites for hydroxylation is 2. The lowest BCUT2D eigenvalue weighted by Gasteiger charge is -2.26. The van der Waals surface area contributed by atoms with Crippen molar-refractivity contribution in [3.8, 4) is 0 Å². The van der Waals surface area contributed by atoms with Gasteiger partial charge in [-0.2, -0.15) is 5.10 Å². The zero-order valence-corrected chi connectivity index (χ0v) is 11.6. The summed E-state index contributed by atoms with van der Waals surface area (Å²) in [6.45, 7) is 0.948. The molecule has 2 heterocycles. The Morgan fingerprint density at radius 2 is 2.44 bits per heavy atom. The highest BCUT2D eigenvalue weighted by molar-refractivity contribution is 5.04. The van der Waals surface area contributed by atoms with Crippen LogP contribution in [0.5, 0.6) is 0 Å². The van der Waals surface area contributed by atoms with Gasteiger partial charge in [-0.15, -0.1) is 0 Å². The predicted molar refractivity (Wildman–Crippen MR) is 72.6 cm³/mol. The Balaban J connectivity index is 1.74. The summed E-state index contributed by atoms with van der Waals surface area (Å²) in [4.78, 5) is 0. The summed E-state index contributed by atoms with van der Waals surface area (Å²) in [5.74, 6) is 0. The molecule has 0 aliphatic carbocycles. The number of rotatable bonds is 6. The first kappa shape index (κ1) is 13.6. The molecular weight excluding hydrogens is 226 g/mol. The zero-order valence-electron chi connectivity index (χ0n) is 11.6. The highest BCUT2D eigenvalue weighted by atomic mass is 16.5. The first-order valence-corrected chi connectivity index (χ1v) is 7.04. The Morgan fingerprint density at radius 3 is 3.06 bits per heavy atom. The van der Waals surface area contributed by atoms with Crippen molar-refractivity contribution in [2.75, 3.05) is 13.7 Å². The van der Waals surface area contributed by atoms with Gasteiger partial charge in [-0.3, -0.25) is 4.68 Å². The SMILES string of the molecule is CNC(CCc1cnn(C)c1)CC1CCCCO1. The fourth-order valence-corrected chi connectivity index (χ4v) is 2.63. The maximum Gasteiger partial charge on any atom is 0.0590 e. The van der Waals surface area contributed by atoms with E-state index in [0.29, 0.717) is 12.1 Å². The van der Waals surface area contributed by atoms with Crippen molar-refractivity contribution in [3.63, 3.8) is 0 Å². The molecule has 0 bridgehead atoms. The molecule has 2 rings (SSSR count). The molecule has 1 saturated heterocycles. The zero-order chi connectivity index (χ0) is 12.8. The van der Waals surface area contributed by atoms with Crippen LogP contribution in [0, 0.1) is 0 Å². The lowest BCUT2D eigenvalue weighted by Crippen LogP contribution is -2.32. The number of aromatic nitrogens is 2. The molecule has 1 aliphatic rings. The molecule has 0 spiro atoms. The van der Waals surface area contributed by atoms with E-state index in [9.17, 15) is 0 Å². The molecule has 2 unspecified atom stereocenters. The van der Waals surface area contributed by atoms with Crippen LogP contribution in [0.25, 0.3) is 0 Å². The van der Waals surface area contributed by atoms with Crippen LogP contribution >= 0.6 is 0 Å². The van der Waals surface area contributed by atoms with Gasteiger partial charge < -0.3 is 10.1 Å². The number of nitrogens with one attached hydrogen (secondary N) is 1. The summed E-state index contributed by atoms with van der Waals surface area (Å²) in [6, 6.07) is 0.549. The molecular formula is C14H25N3O. The number of ether oxygens (including phenoxy) is 1. The summed E-state index contributed by atoms with van der Waals surface area (Å²) < 4.78 is 7.68. The Morgan fingerprint density at radius 1 is 1.56 bits per heavy atom. The van der Waals surface area contributed by atoms with E-state index in [1.807, 2.05) is 17.9 Å². The van der Waals surface area contributed by atoms with Gasteiger partial charge in [0.1, 0.15) is 0 Å². The molecule has 0 amide bonds. The van der Waals surface area contributed by atoms with E-state index in [4.69, 9.17) is 4.74 Å². The molecule has 2 atom stereocenters. The van der Waals surface area contributed by atoms with Crippen molar-refractivity contribution < 1.29 is 4.74 Å². The third kappa shape index (κ3) is 4.10. The van der Waals surface area contributed by atoms with E-state index in [-0.39, 0.29) is 0 Å². The highest BCUT2D eigenvalue weighted by Crippen LogP contribution is 2.18. The van der Waals surface area contributed by atoms with Gasteiger partial charge in [-0.25, -0.2) is 0 Å². The molecule has 1 N–H and O–H groups in total. The van der Waals surface area contributed by atoms with E-state index in [1.54, 1.807) is 0 Å². The van der Waals surface area contributed by atoms with Gasteiger partial charge in [-0.1, -0.05) is 0 Å². The van der Waals surface area contributed by atoms with Gasteiger partial charge >= 0.3 is 0 Å². The van der Waals surface area contributed by atoms with Crippen LogP contribution in [0.1, 0.15) is 37.7 Å². The summed E-state index contributed by atoms with van der Waals surface area (Å²) in [5, 5.41) is 7.63. The second kappa shape index (κ2) is 6.90. The lowest BCUT2D eigenvalue weighted by atomic mass is 9.98. The van der Waals surface area contributed by atoms with Gasteiger partial charge in [0.25, 0.3) is 0 Å². The molecule has 1 aromatic heterocycles. The lowest BCUT2D eigenvalue weighted by molar-refractivity contribution is 0.00519. The van der Waals surface area contributed by atoms with E-state index < -0.39 is 0 Å². The molecule has 1 aliphatic heterocycles. The number of hydrogen-bond acceptors (Lipinski definition) is 3. The molecule has 1 fully saturated rings. The Kier molecular flexibility index (Phi) is 5.20. The average Bonchev–Trinajstić information content (AvgIpc) is 2.81. The number of hydrogen-bond donors (Lipinski definition) is 1. The Hall–Kier alpha value is -0.870. The third-order valence-corrected chi connectivity index (χ3v) is 3.77. The fraction of sp³-hybridized carbons (Fsp3) is 0.786. The van der Waals surface area contributed by atoms with Crippen LogP contribution in [-0.4, -0.2) is 35.6 Å². The maximum atomic E-state index is 5.81. The van der Waals surface area contributed by atoms with E-state index in [2.05, 4.69) is 23.7 Å². The average molecular weight is 251 g/mol. The summed E-state index contributed by atoms with van der Waals surface area (Å²) in [5.41, 5.74) is 1.32. The van der Waals surface area contributed by atoms with Crippen molar-refractivity contribution in [2.24, 2.45) is 7.05 Å². The highest BCUT2D eigenvalue weighted by Gasteiger charge is 2.18. The molecule has 4 heteroatoms. The van der Waals surface area contributed by atoms with Crippen LogP contribution in [0.3, 0.4) is 0 Å².